The maximum atomic E-state index is 12.8. The van der Waals surface area contributed by atoms with Crippen LogP contribution in [0.2, 0.25) is 0 Å². The van der Waals surface area contributed by atoms with Crippen molar-refractivity contribution < 1.29 is 14.3 Å². The number of carbonyl (C=O) groups excluding carboxylic acids is 1. The van der Waals surface area contributed by atoms with E-state index in [2.05, 4.69) is 53.2 Å². The summed E-state index contributed by atoms with van der Waals surface area (Å²) in [6.07, 6.45) is 2.42. The van der Waals surface area contributed by atoms with Crippen LogP contribution in [0.3, 0.4) is 0 Å². The first-order chi connectivity index (χ1) is 15.5. The Morgan fingerprint density at radius 3 is 2.22 bits per heavy atom. The van der Waals surface area contributed by atoms with Gasteiger partial charge in [0.05, 0.1) is 19.3 Å². The van der Waals surface area contributed by atoms with Crippen molar-refractivity contribution in [1.82, 2.24) is 10.2 Å². The number of nitrogens with zero attached hydrogens (tertiary/aromatic N) is 2. The number of ether oxygens (including phenoxy) is 2. The van der Waals surface area contributed by atoms with Gasteiger partial charge in [0.25, 0.3) is 5.91 Å². The maximum Gasteiger partial charge on any atom is 0.251 e. The highest BCUT2D eigenvalue weighted by Crippen LogP contribution is 2.23. The van der Waals surface area contributed by atoms with Crippen molar-refractivity contribution in [3.8, 4) is 5.75 Å². The number of carbonyl (C=O) groups is 1. The molecule has 0 saturated carbocycles. The molecule has 2 aliphatic heterocycles. The van der Waals surface area contributed by atoms with Crippen LogP contribution in [0.1, 0.15) is 42.6 Å². The molecule has 2 atom stereocenters. The molecule has 6 nitrogen and oxygen atoms in total. The van der Waals surface area contributed by atoms with Gasteiger partial charge in [-0.1, -0.05) is 12.1 Å². The van der Waals surface area contributed by atoms with Crippen molar-refractivity contribution in [2.45, 2.75) is 51.5 Å². The van der Waals surface area contributed by atoms with Crippen molar-refractivity contribution in [3.05, 3.63) is 59.7 Å². The number of benzene rings is 2. The van der Waals surface area contributed by atoms with Gasteiger partial charge in [-0.2, -0.15) is 0 Å². The lowest BCUT2D eigenvalue weighted by Crippen LogP contribution is -2.45. The number of nitrogens with one attached hydrogen (secondary N) is 1. The summed E-state index contributed by atoms with van der Waals surface area (Å²) in [6, 6.07) is 16.4. The normalized spacial score (nSPS) is 22.5. The number of morpholine rings is 1. The molecule has 1 N–H and O–H groups in total. The van der Waals surface area contributed by atoms with E-state index in [4.69, 9.17) is 9.47 Å². The lowest BCUT2D eigenvalue weighted by Gasteiger charge is -2.35. The maximum absolute atomic E-state index is 12.8. The summed E-state index contributed by atoms with van der Waals surface area (Å²) in [7, 11) is 1.68. The van der Waals surface area contributed by atoms with Crippen molar-refractivity contribution >= 4 is 11.6 Å². The summed E-state index contributed by atoms with van der Waals surface area (Å²) in [4.78, 5) is 17.5. The van der Waals surface area contributed by atoms with E-state index in [0.717, 1.165) is 56.9 Å². The van der Waals surface area contributed by atoms with Crippen LogP contribution in [0.25, 0.3) is 0 Å². The number of amides is 1. The molecule has 32 heavy (non-hydrogen) atoms. The molecule has 2 heterocycles. The minimum absolute atomic E-state index is 0.0214. The molecule has 2 unspecified atom stereocenters. The highest BCUT2D eigenvalue weighted by molar-refractivity contribution is 5.94. The first-order valence-electron chi connectivity index (χ1n) is 11.7. The Morgan fingerprint density at radius 2 is 1.62 bits per heavy atom. The number of hydrogen-bond acceptors (Lipinski definition) is 5. The second-order valence-electron chi connectivity index (χ2n) is 9.08. The molecule has 2 fully saturated rings. The largest absolute Gasteiger partial charge is 0.497 e. The lowest BCUT2D eigenvalue weighted by molar-refractivity contribution is -0.0704. The van der Waals surface area contributed by atoms with Crippen LogP contribution in [0.5, 0.6) is 5.75 Å². The Bertz CT molecular complexity index is 866. The highest BCUT2D eigenvalue weighted by Gasteiger charge is 2.23. The Labute approximate surface area is 191 Å². The van der Waals surface area contributed by atoms with Crippen LogP contribution in [-0.2, 0) is 11.3 Å². The van der Waals surface area contributed by atoms with Gasteiger partial charge in [0.15, 0.2) is 0 Å². The molecular weight excluding hydrogens is 402 g/mol. The second kappa shape index (κ2) is 10.4. The van der Waals surface area contributed by atoms with Gasteiger partial charge in [-0.05, 0) is 68.7 Å². The van der Waals surface area contributed by atoms with Gasteiger partial charge < -0.3 is 19.7 Å². The fourth-order valence-corrected chi connectivity index (χ4v) is 4.78. The van der Waals surface area contributed by atoms with E-state index in [1.54, 1.807) is 7.11 Å². The van der Waals surface area contributed by atoms with Crippen LogP contribution in [0.15, 0.2) is 48.5 Å². The van der Waals surface area contributed by atoms with Crippen LogP contribution >= 0.6 is 0 Å². The topological polar surface area (TPSA) is 54.0 Å². The van der Waals surface area contributed by atoms with Crippen molar-refractivity contribution in [1.29, 1.82) is 0 Å². The standard InChI is InChI=1S/C26H35N3O3/c1-19-16-28(17-20(2)32-19)18-21-4-6-22(7-5-21)26(30)27-23-12-14-29(15-13-23)24-8-10-25(31-3)11-9-24/h4-11,19-20,23H,12-18H2,1-3H3,(H,27,30). The van der Waals surface area contributed by atoms with Gasteiger partial charge in [-0.15, -0.1) is 0 Å². The molecule has 4 rings (SSSR count). The third-order valence-electron chi connectivity index (χ3n) is 6.39. The van der Waals surface area contributed by atoms with E-state index in [0.29, 0.717) is 0 Å². The third kappa shape index (κ3) is 5.81. The van der Waals surface area contributed by atoms with E-state index in [-0.39, 0.29) is 24.2 Å². The molecule has 0 aromatic heterocycles. The van der Waals surface area contributed by atoms with E-state index in [1.807, 2.05) is 24.3 Å². The molecule has 0 radical (unpaired) electrons. The van der Waals surface area contributed by atoms with E-state index >= 15 is 0 Å². The molecule has 2 aliphatic rings. The van der Waals surface area contributed by atoms with Crippen LogP contribution in [0.4, 0.5) is 5.69 Å². The number of rotatable bonds is 6. The molecule has 2 aromatic rings. The van der Waals surface area contributed by atoms with Crippen LogP contribution in [-0.4, -0.2) is 62.3 Å². The molecule has 0 spiro atoms. The fourth-order valence-electron chi connectivity index (χ4n) is 4.78. The van der Waals surface area contributed by atoms with Gasteiger partial charge in [0.2, 0.25) is 0 Å². The average Bonchev–Trinajstić information content (AvgIpc) is 2.79. The molecule has 6 heteroatoms. The van der Waals surface area contributed by atoms with E-state index < -0.39 is 0 Å². The number of methoxy groups -OCH3 is 1. The summed E-state index contributed by atoms with van der Waals surface area (Å²) in [5.41, 5.74) is 3.17. The van der Waals surface area contributed by atoms with Gasteiger partial charge in [-0.25, -0.2) is 0 Å². The van der Waals surface area contributed by atoms with Gasteiger partial charge in [0, 0.05) is 50.0 Å². The number of hydrogen-bond donors (Lipinski definition) is 1. The van der Waals surface area contributed by atoms with Crippen molar-refractivity contribution in [2.24, 2.45) is 0 Å². The third-order valence-corrected chi connectivity index (χ3v) is 6.39. The molecule has 2 saturated heterocycles. The smallest absolute Gasteiger partial charge is 0.251 e. The predicted octanol–water partition coefficient (Wildman–Crippen LogP) is 3.70. The molecular formula is C26H35N3O3. The monoisotopic (exact) mass is 437 g/mol. The van der Waals surface area contributed by atoms with Crippen LogP contribution in [0, 0.1) is 0 Å². The zero-order valence-corrected chi connectivity index (χ0v) is 19.4. The zero-order valence-electron chi connectivity index (χ0n) is 19.4. The van der Waals surface area contributed by atoms with Gasteiger partial charge in [-0.3, -0.25) is 9.69 Å². The first-order valence-corrected chi connectivity index (χ1v) is 11.7. The number of anilines is 1. The average molecular weight is 438 g/mol. The minimum Gasteiger partial charge on any atom is -0.497 e. The van der Waals surface area contributed by atoms with Crippen LogP contribution < -0.4 is 15.0 Å². The zero-order chi connectivity index (χ0) is 22.5. The van der Waals surface area contributed by atoms with Gasteiger partial charge >= 0.3 is 0 Å². The quantitative estimate of drug-likeness (QED) is 0.747. The molecule has 172 valence electrons. The first kappa shape index (κ1) is 22.6. The highest BCUT2D eigenvalue weighted by atomic mass is 16.5. The summed E-state index contributed by atoms with van der Waals surface area (Å²) >= 11 is 0. The summed E-state index contributed by atoms with van der Waals surface area (Å²) < 4.78 is 11.1. The SMILES string of the molecule is COc1ccc(N2CCC(NC(=O)c3ccc(CN4CC(C)OC(C)C4)cc3)CC2)cc1. The second-order valence-corrected chi connectivity index (χ2v) is 9.08. The summed E-state index contributed by atoms with van der Waals surface area (Å²) in [5.74, 6) is 0.893. The van der Waals surface area contributed by atoms with Gasteiger partial charge in [0.1, 0.15) is 5.75 Å². The van der Waals surface area contributed by atoms with E-state index in [9.17, 15) is 4.79 Å². The minimum atomic E-state index is 0.0214. The Morgan fingerprint density at radius 1 is 1.00 bits per heavy atom. The Balaban J connectivity index is 1.25. The summed E-state index contributed by atoms with van der Waals surface area (Å²) in [5, 5.41) is 3.23. The van der Waals surface area contributed by atoms with E-state index in [1.165, 1.54) is 11.3 Å². The fraction of sp³-hybridized carbons (Fsp3) is 0.500. The van der Waals surface area contributed by atoms with Crippen molar-refractivity contribution in [2.75, 3.05) is 38.2 Å². The molecule has 2 aromatic carbocycles. The molecule has 0 bridgehead atoms. The Hall–Kier alpha value is -2.57. The molecule has 0 aliphatic carbocycles. The lowest BCUT2D eigenvalue weighted by atomic mass is 10.0. The predicted molar refractivity (Wildman–Crippen MR) is 127 cm³/mol. The Kier molecular flexibility index (Phi) is 7.33. The molecule has 1 amide bonds. The summed E-state index contributed by atoms with van der Waals surface area (Å²) in [6.45, 7) is 8.90. The number of piperidine rings is 1. The van der Waals surface area contributed by atoms with Crippen molar-refractivity contribution in [3.63, 3.8) is 0 Å².